The van der Waals surface area contributed by atoms with Crippen LogP contribution in [0.2, 0.25) is 0 Å². The first-order valence-electron chi connectivity index (χ1n) is 6.22. The second-order valence-corrected chi connectivity index (χ2v) is 6.41. The van der Waals surface area contributed by atoms with E-state index in [1.807, 2.05) is 12.2 Å². The van der Waals surface area contributed by atoms with E-state index in [4.69, 9.17) is 0 Å². The number of carbonyl (C=O) groups excluding carboxylic acids is 1. The molecule has 0 heterocycles. The van der Waals surface area contributed by atoms with Gasteiger partial charge in [0.25, 0.3) is 0 Å². The maximum Gasteiger partial charge on any atom is 0.139 e. The molecule has 2 atom stereocenters. The molecule has 0 radical (unpaired) electrons. The zero-order chi connectivity index (χ0) is 14.2. The lowest BCUT2D eigenvalue weighted by Crippen LogP contribution is -2.33. The largest absolute Gasteiger partial charge is 0.302 e. The van der Waals surface area contributed by atoms with Gasteiger partial charge in [0, 0.05) is 11.7 Å². The highest BCUT2D eigenvalue weighted by Gasteiger charge is 2.27. The lowest BCUT2D eigenvalue weighted by molar-refractivity contribution is -0.119. The molecular formula is C15H26NOP. The molecule has 0 N–H and O–H groups in total. The second kappa shape index (κ2) is 8.39. The SMILES string of the molecule is C=C/C=C(\C=C)CN(C)CCC(C)(PC)C(C)=O. The fourth-order valence-corrected chi connectivity index (χ4v) is 2.33. The molecule has 2 unspecified atom stereocenters. The third-order valence-electron chi connectivity index (χ3n) is 3.37. The number of rotatable bonds is 9. The van der Waals surface area contributed by atoms with E-state index in [9.17, 15) is 4.79 Å². The molecule has 2 nitrogen and oxygen atoms in total. The van der Waals surface area contributed by atoms with Crippen LogP contribution in [0.3, 0.4) is 0 Å². The first-order valence-corrected chi connectivity index (χ1v) is 7.72. The summed E-state index contributed by atoms with van der Waals surface area (Å²) in [6, 6.07) is 0. The van der Waals surface area contributed by atoms with E-state index in [2.05, 4.69) is 38.7 Å². The molecule has 0 aliphatic rings. The molecule has 0 aliphatic carbocycles. The molecule has 3 heteroatoms. The van der Waals surface area contributed by atoms with E-state index < -0.39 is 0 Å². The van der Waals surface area contributed by atoms with Gasteiger partial charge in [-0.05, 0) is 46.1 Å². The van der Waals surface area contributed by atoms with Gasteiger partial charge in [-0.1, -0.05) is 31.4 Å². The molecule has 0 aliphatic heterocycles. The highest BCUT2D eigenvalue weighted by atomic mass is 31.1. The Morgan fingerprint density at radius 3 is 2.44 bits per heavy atom. The summed E-state index contributed by atoms with van der Waals surface area (Å²) in [5.41, 5.74) is 1.15. The third kappa shape index (κ3) is 5.75. The summed E-state index contributed by atoms with van der Waals surface area (Å²) in [4.78, 5) is 13.9. The summed E-state index contributed by atoms with van der Waals surface area (Å²) in [7, 11) is 2.72. The average Bonchev–Trinajstić information content (AvgIpc) is 2.35. The molecule has 0 bridgehead atoms. The van der Waals surface area contributed by atoms with Gasteiger partial charge >= 0.3 is 0 Å². The maximum atomic E-state index is 11.6. The lowest BCUT2D eigenvalue weighted by atomic mass is 10.0. The molecule has 0 saturated heterocycles. The lowest BCUT2D eigenvalue weighted by Gasteiger charge is -2.28. The predicted molar refractivity (Wildman–Crippen MR) is 83.9 cm³/mol. The van der Waals surface area contributed by atoms with Crippen molar-refractivity contribution in [1.29, 1.82) is 0 Å². The van der Waals surface area contributed by atoms with Gasteiger partial charge in [-0.15, -0.1) is 8.58 Å². The van der Waals surface area contributed by atoms with Crippen molar-refractivity contribution in [3.05, 3.63) is 37.0 Å². The van der Waals surface area contributed by atoms with Crippen molar-refractivity contribution < 1.29 is 4.79 Å². The van der Waals surface area contributed by atoms with Crippen molar-refractivity contribution >= 4 is 14.4 Å². The van der Waals surface area contributed by atoms with Crippen molar-refractivity contribution in [2.45, 2.75) is 25.4 Å². The summed E-state index contributed by atoms with van der Waals surface area (Å²) >= 11 is 0. The Morgan fingerprint density at radius 2 is 2.06 bits per heavy atom. The molecular weight excluding hydrogens is 241 g/mol. The number of nitrogens with zero attached hydrogens (tertiary/aromatic N) is 1. The van der Waals surface area contributed by atoms with Crippen LogP contribution < -0.4 is 0 Å². The molecule has 0 saturated carbocycles. The van der Waals surface area contributed by atoms with Gasteiger partial charge in [-0.3, -0.25) is 4.79 Å². The van der Waals surface area contributed by atoms with Gasteiger partial charge in [0.2, 0.25) is 0 Å². The van der Waals surface area contributed by atoms with E-state index in [1.165, 1.54) is 0 Å². The van der Waals surface area contributed by atoms with Crippen molar-refractivity contribution in [1.82, 2.24) is 4.90 Å². The number of Topliss-reactive ketones (excluding diaryl/α,β-unsaturated/α-hetero) is 1. The molecule has 0 rings (SSSR count). The van der Waals surface area contributed by atoms with Crippen LogP contribution in [0, 0.1) is 0 Å². The first-order chi connectivity index (χ1) is 8.39. The van der Waals surface area contributed by atoms with Crippen molar-refractivity contribution in [2.75, 3.05) is 26.8 Å². The summed E-state index contributed by atoms with van der Waals surface area (Å²) in [6.07, 6.45) is 6.50. The van der Waals surface area contributed by atoms with Gasteiger partial charge in [0.1, 0.15) is 5.78 Å². The Hall–Kier alpha value is -0.720. The van der Waals surface area contributed by atoms with Gasteiger partial charge in [0.15, 0.2) is 0 Å². The Kier molecular flexibility index (Phi) is 8.06. The standard InChI is InChI=1S/C15H26NOP/c1-7-9-14(8-2)12-16(5)11-10-15(4,18-6)13(3)17/h7-9,18H,1-2,10-12H2,3-6H3/b14-9+. The smallest absolute Gasteiger partial charge is 0.139 e. The number of hydrogen-bond acceptors (Lipinski definition) is 2. The van der Waals surface area contributed by atoms with Crippen LogP contribution in [0.4, 0.5) is 0 Å². The van der Waals surface area contributed by atoms with Crippen LogP contribution in [-0.2, 0) is 4.79 Å². The van der Waals surface area contributed by atoms with E-state index in [0.29, 0.717) is 14.4 Å². The number of hydrogen-bond donors (Lipinski definition) is 0. The van der Waals surface area contributed by atoms with Crippen LogP contribution >= 0.6 is 8.58 Å². The predicted octanol–water partition coefficient (Wildman–Crippen LogP) is 3.26. The Morgan fingerprint density at radius 1 is 1.44 bits per heavy atom. The van der Waals surface area contributed by atoms with Gasteiger partial charge in [0.05, 0.1) is 0 Å². The normalized spacial score (nSPS) is 15.9. The fraction of sp³-hybridized carbons (Fsp3) is 0.533. The number of ketones is 1. The topological polar surface area (TPSA) is 20.3 Å². The van der Waals surface area contributed by atoms with Crippen LogP contribution in [0.25, 0.3) is 0 Å². The highest BCUT2D eigenvalue weighted by Crippen LogP contribution is 2.32. The monoisotopic (exact) mass is 267 g/mol. The number of carbonyl (C=O) groups is 1. The van der Waals surface area contributed by atoms with E-state index in [0.717, 1.165) is 25.1 Å². The third-order valence-corrected chi connectivity index (χ3v) is 5.07. The molecule has 0 aromatic carbocycles. The first kappa shape index (κ1) is 17.3. The summed E-state index contributed by atoms with van der Waals surface area (Å²) < 4.78 is 0. The molecule has 102 valence electrons. The van der Waals surface area contributed by atoms with E-state index in [1.54, 1.807) is 13.0 Å². The minimum atomic E-state index is -0.162. The zero-order valence-corrected chi connectivity index (χ0v) is 13.1. The fourth-order valence-electron chi connectivity index (χ4n) is 1.62. The summed E-state index contributed by atoms with van der Waals surface area (Å²) in [6.45, 7) is 15.1. The minimum Gasteiger partial charge on any atom is -0.302 e. The molecule has 18 heavy (non-hydrogen) atoms. The van der Waals surface area contributed by atoms with E-state index >= 15 is 0 Å². The molecule has 0 aromatic rings. The van der Waals surface area contributed by atoms with Crippen LogP contribution in [0.5, 0.6) is 0 Å². The minimum absolute atomic E-state index is 0.162. The second-order valence-electron chi connectivity index (χ2n) is 4.81. The van der Waals surface area contributed by atoms with E-state index in [-0.39, 0.29) is 5.16 Å². The van der Waals surface area contributed by atoms with Gasteiger partial charge < -0.3 is 4.90 Å². The van der Waals surface area contributed by atoms with Gasteiger partial charge in [-0.2, -0.15) is 0 Å². The molecule has 0 spiro atoms. The molecule has 0 amide bonds. The van der Waals surface area contributed by atoms with Crippen molar-refractivity contribution in [3.8, 4) is 0 Å². The molecule has 0 aromatic heterocycles. The zero-order valence-electron chi connectivity index (χ0n) is 12.1. The number of allylic oxidation sites excluding steroid dienone is 2. The Balaban J connectivity index is 4.37. The number of likely N-dealkylation sites (N-methyl/N-ethyl adjacent to an activating group) is 1. The Bertz CT molecular complexity index is 335. The molecule has 0 fully saturated rings. The van der Waals surface area contributed by atoms with Crippen molar-refractivity contribution in [3.63, 3.8) is 0 Å². The maximum absolute atomic E-state index is 11.6. The Labute approximate surface area is 114 Å². The average molecular weight is 267 g/mol. The van der Waals surface area contributed by atoms with Crippen LogP contribution in [-0.4, -0.2) is 42.6 Å². The van der Waals surface area contributed by atoms with Crippen LogP contribution in [0.15, 0.2) is 37.0 Å². The highest BCUT2D eigenvalue weighted by molar-refractivity contribution is 7.40. The quantitative estimate of drug-likeness (QED) is 0.472. The summed E-state index contributed by atoms with van der Waals surface area (Å²) in [5.74, 6) is 0.294. The van der Waals surface area contributed by atoms with Crippen molar-refractivity contribution in [2.24, 2.45) is 0 Å². The van der Waals surface area contributed by atoms with Gasteiger partial charge in [-0.25, -0.2) is 0 Å². The van der Waals surface area contributed by atoms with Crippen LogP contribution in [0.1, 0.15) is 20.3 Å². The summed E-state index contributed by atoms with van der Waals surface area (Å²) in [5, 5.41) is -0.162.